The molecule has 1 aromatic carbocycles. The molecule has 0 spiro atoms. The van der Waals surface area contributed by atoms with Crippen molar-refractivity contribution in [2.45, 2.75) is 32.6 Å². The molecule has 0 aliphatic heterocycles. The lowest BCUT2D eigenvalue weighted by Crippen LogP contribution is -2.40. The van der Waals surface area contributed by atoms with Gasteiger partial charge in [-0.1, -0.05) is 29.8 Å². The lowest BCUT2D eigenvalue weighted by Gasteiger charge is -2.21. The highest BCUT2D eigenvalue weighted by Crippen LogP contribution is 2.20. The number of carbonyl (C=O) groups excluding carboxylic acids is 1. The number of aryl methyl sites for hydroxylation is 1. The Hall–Kier alpha value is -2.47. The summed E-state index contributed by atoms with van der Waals surface area (Å²) in [7, 11) is -4.00. The maximum Gasteiger partial charge on any atom is 0.270 e. The Balaban J connectivity index is 2.75. The molecule has 0 aliphatic rings. The van der Waals surface area contributed by atoms with Gasteiger partial charge < -0.3 is 0 Å². The number of hydrogen-bond donors (Lipinski definition) is 0. The zero-order valence-corrected chi connectivity index (χ0v) is 15.0. The zero-order chi connectivity index (χ0) is 17.9. The third-order valence-corrected chi connectivity index (χ3v) is 5.52. The Kier molecular flexibility index (Phi) is 5.19. The average Bonchev–Trinajstić information content (AvgIpc) is 2.54. The minimum atomic E-state index is -4.00. The summed E-state index contributed by atoms with van der Waals surface area (Å²) in [5.41, 5.74) is 1.22. The molecule has 24 heavy (non-hydrogen) atoms. The van der Waals surface area contributed by atoms with Gasteiger partial charge >= 0.3 is 0 Å². The molecular weight excluding hydrogens is 324 g/mol. The summed E-state index contributed by atoms with van der Waals surface area (Å²) in [6, 6.07) is 9.98. The van der Waals surface area contributed by atoms with Crippen LogP contribution in [0.3, 0.4) is 0 Å². The van der Waals surface area contributed by atoms with Gasteiger partial charge in [-0.05, 0) is 44.2 Å². The molecule has 0 N–H and O–H groups in total. The second kappa shape index (κ2) is 6.97. The van der Waals surface area contributed by atoms with Crippen LogP contribution in [0.15, 0.2) is 47.5 Å². The predicted molar refractivity (Wildman–Crippen MR) is 93.6 cm³/mol. The summed E-state index contributed by atoms with van der Waals surface area (Å²) in [6.07, 6.45) is 3.39. The molecule has 6 heteroatoms. The number of sulfonamides is 1. The SMILES string of the molecule is C/C=c1/cccn/c1=C(/C)N(C(C)=O)S(=O)(=O)c1ccc(C)cc1. The monoisotopic (exact) mass is 344 g/mol. The van der Waals surface area contributed by atoms with Crippen molar-refractivity contribution in [1.29, 1.82) is 0 Å². The minimum Gasteiger partial charge on any atom is -0.274 e. The van der Waals surface area contributed by atoms with Crippen molar-refractivity contribution in [3.8, 4) is 0 Å². The Bertz CT molecular complexity index is 978. The van der Waals surface area contributed by atoms with E-state index in [0.29, 0.717) is 5.35 Å². The van der Waals surface area contributed by atoms with Crippen molar-refractivity contribution in [2.75, 3.05) is 0 Å². The summed E-state index contributed by atoms with van der Waals surface area (Å²) in [4.78, 5) is 16.5. The van der Waals surface area contributed by atoms with Crippen LogP contribution < -0.4 is 10.6 Å². The maximum absolute atomic E-state index is 12.9. The topological polar surface area (TPSA) is 67.3 Å². The van der Waals surface area contributed by atoms with Crippen LogP contribution in [-0.4, -0.2) is 23.6 Å². The van der Waals surface area contributed by atoms with E-state index in [2.05, 4.69) is 4.98 Å². The van der Waals surface area contributed by atoms with E-state index in [1.807, 2.05) is 26.0 Å². The fourth-order valence-corrected chi connectivity index (χ4v) is 3.93. The lowest BCUT2D eigenvalue weighted by molar-refractivity contribution is -0.122. The average molecular weight is 344 g/mol. The molecule has 0 atom stereocenters. The normalized spacial score (nSPS) is 13.6. The van der Waals surface area contributed by atoms with Crippen LogP contribution in [0, 0.1) is 6.92 Å². The molecule has 0 fully saturated rings. The van der Waals surface area contributed by atoms with E-state index in [9.17, 15) is 13.2 Å². The summed E-state index contributed by atoms with van der Waals surface area (Å²) in [5.74, 6) is -0.583. The van der Waals surface area contributed by atoms with Gasteiger partial charge in [0, 0.05) is 13.1 Å². The van der Waals surface area contributed by atoms with Gasteiger partial charge in [0.25, 0.3) is 10.0 Å². The van der Waals surface area contributed by atoms with E-state index in [1.54, 1.807) is 31.3 Å². The zero-order valence-electron chi connectivity index (χ0n) is 14.1. The van der Waals surface area contributed by atoms with Crippen LogP contribution in [0.2, 0.25) is 0 Å². The first kappa shape index (κ1) is 17.9. The van der Waals surface area contributed by atoms with Gasteiger partial charge in [-0.25, -0.2) is 12.7 Å². The molecule has 0 aliphatic carbocycles. The number of amides is 1. The Morgan fingerprint density at radius 2 is 1.75 bits per heavy atom. The van der Waals surface area contributed by atoms with Crippen molar-refractivity contribution < 1.29 is 13.2 Å². The third kappa shape index (κ3) is 3.38. The molecule has 5 nitrogen and oxygen atoms in total. The van der Waals surface area contributed by atoms with Gasteiger partial charge in [0.15, 0.2) is 0 Å². The highest BCUT2D eigenvalue weighted by Gasteiger charge is 2.29. The molecule has 1 heterocycles. The highest BCUT2D eigenvalue weighted by atomic mass is 32.2. The third-order valence-electron chi connectivity index (χ3n) is 3.64. The standard InChI is InChI=1S/C18H20N2O3S/c1-5-16-7-6-12-19-18(16)14(3)20(15(4)21)24(22,23)17-10-8-13(2)9-11-17/h5-12H,1-4H3/b16-5-,18-14-. The largest absolute Gasteiger partial charge is 0.274 e. The summed E-state index contributed by atoms with van der Waals surface area (Å²) >= 11 is 0. The first-order chi connectivity index (χ1) is 11.3. The number of rotatable bonds is 3. The van der Waals surface area contributed by atoms with Crippen molar-refractivity contribution in [3.63, 3.8) is 0 Å². The summed E-state index contributed by atoms with van der Waals surface area (Å²) in [6.45, 7) is 6.52. The number of benzene rings is 1. The van der Waals surface area contributed by atoms with E-state index >= 15 is 0 Å². The van der Waals surface area contributed by atoms with E-state index < -0.39 is 15.9 Å². The number of hydrogen-bond acceptors (Lipinski definition) is 4. The molecule has 0 saturated carbocycles. The van der Waals surface area contributed by atoms with Gasteiger partial charge in [0.2, 0.25) is 5.91 Å². The van der Waals surface area contributed by atoms with Gasteiger partial charge in [-0.2, -0.15) is 0 Å². The summed E-state index contributed by atoms with van der Waals surface area (Å²) < 4.78 is 26.7. The van der Waals surface area contributed by atoms with Crippen molar-refractivity contribution in [3.05, 3.63) is 58.7 Å². The van der Waals surface area contributed by atoms with Crippen LogP contribution in [0.25, 0.3) is 11.8 Å². The fourth-order valence-electron chi connectivity index (χ4n) is 2.45. The molecule has 126 valence electrons. The quantitative estimate of drug-likeness (QED) is 0.847. The summed E-state index contributed by atoms with van der Waals surface area (Å²) in [5, 5.41) is 1.23. The van der Waals surface area contributed by atoms with Crippen molar-refractivity contribution in [1.82, 2.24) is 9.29 Å². The predicted octanol–water partition coefficient (Wildman–Crippen LogP) is 1.56. The Labute approximate surface area is 142 Å². The van der Waals surface area contributed by atoms with Crippen LogP contribution >= 0.6 is 0 Å². The first-order valence-corrected chi connectivity index (χ1v) is 8.94. The molecular formula is C18H20N2O3S. The molecule has 1 amide bonds. The van der Waals surface area contributed by atoms with Crippen molar-refractivity contribution >= 4 is 27.7 Å². The first-order valence-electron chi connectivity index (χ1n) is 7.50. The minimum absolute atomic E-state index is 0.0700. The Morgan fingerprint density at radius 3 is 2.29 bits per heavy atom. The van der Waals surface area contributed by atoms with Gasteiger partial charge in [-0.15, -0.1) is 0 Å². The molecule has 0 radical (unpaired) electrons. The highest BCUT2D eigenvalue weighted by molar-refractivity contribution is 7.90. The van der Waals surface area contributed by atoms with Crippen LogP contribution in [0.5, 0.6) is 0 Å². The molecule has 2 aromatic rings. The number of pyridine rings is 1. The van der Waals surface area contributed by atoms with Crippen molar-refractivity contribution in [2.24, 2.45) is 0 Å². The van der Waals surface area contributed by atoms with Gasteiger partial charge in [0.1, 0.15) is 0 Å². The van der Waals surface area contributed by atoms with Gasteiger partial charge in [-0.3, -0.25) is 9.78 Å². The second-order valence-electron chi connectivity index (χ2n) is 5.42. The van der Waals surface area contributed by atoms with Crippen LogP contribution in [0.4, 0.5) is 0 Å². The lowest BCUT2D eigenvalue weighted by atomic mass is 10.2. The molecule has 0 unspecified atom stereocenters. The van der Waals surface area contributed by atoms with E-state index in [0.717, 1.165) is 15.1 Å². The maximum atomic E-state index is 12.9. The number of carbonyl (C=O) groups is 1. The van der Waals surface area contributed by atoms with Gasteiger partial charge in [0.05, 0.1) is 15.9 Å². The van der Waals surface area contributed by atoms with E-state index in [1.165, 1.54) is 19.1 Å². The van der Waals surface area contributed by atoms with E-state index in [4.69, 9.17) is 0 Å². The molecule has 0 bridgehead atoms. The molecule has 0 saturated heterocycles. The fraction of sp³-hybridized carbons (Fsp3) is 0.222. The van der Waals surface area contributed by atoms with Crippen LogP contribution in [-0.2, 0) is 14.8 Å². The number of aromatic nitrogens is 1. The second-order valence-corrected chi connectivity index (χ2v) is 7.20. The smallest absolute Gasteiger partial charge is 0.270 e. The Morgan fingerprint density at radius 1 is 1.12 bits per heavy atom. The number of nitrogens with zero attached hydrogens (tertiary/aromatic N) is 2. The molecule has 1 aromatic heterocycles. The van der Waals surface area contributed by atoms with Crippen LogP contribution in [0.1, 0.15) is 26.3 Å². The molecule has 2 rings (SSSR count). The van der Waals surface area contributed by atoms with E-state index in [-0.39, 0.29) is 10.6 Å².